The predicted octanol–water partition coefficient (Wildman–Crippen LogP) is 4.07. The predicted molar refractivity (Wildman–Crippen MR) is 126 cm³/mol. The SMILES string of the molecule is Cc1ccc(C(=O)Cc2cc(F)cc(CN3CCN(C(=O)c4cncs4)[C@@H](C)C3)c2C)cn1. The molecule has 0 unspecified atom stereocenters. The molecule has 0 N–H and O–H groups in total. The molecule has 6 nitrogen and oxygen atoms in total. The number of aryl methyl sites for hydroxylation is 1. The van der Waals surface area contributed by atoms with Gasteiger partial charge in [-0.1, -0.05) is 0 Å². The molecule has 1 aromatic carbocycles. The zero-order chi connectivity index (χ0) is 23.5. The average Bonchev–Trinajstić information content (AvgIpc) is 3.32. The molecule has 2 aromatic heterocycles. The Morgan fingerprint density at radius 2 is 1.94 bits per heavy atom. The maximum absolute atomic E-state index is 14.5. The van der Waals surface area contributed by atoms with Crippen LogP contribution in [-0.2, 0) is 13.0 Å². The second-order valence-corrected chi connectivity index (χ2v) is 9.47. The molecule has 1 atom stereocenters. The summed E-state index contributed by atoms with van der Waals surface area (Å²) in [6, 6.07) is 6.60. The van der Waals surface area contributed by atoms with Crippen LogP contribution < -0.4 is 0 Å². The zero-order valence-corrected chi connectivity index (χ0v) is 19.9. The van der Waals surface area contributed by atoms with Gasteiger partial charge in [0.05, 0.1) is 11.7 Å². The number of nitrogens with zero attached hydrogens (tertiary/aromatic N) is 4. The average molecular weight is 467 g/mol. The number of carbonyl (C=O) groups excluding carboxylic acids is 2. The number of hydrogen-bond donors (Lipinski definition) is 0. The van der Waals surface area contributed by atoms with Gasteiger partial charge < -0.3 is 4.90 Å². The van der Waals surface area contributed by atoms with Crippen molar-refractivity contribution in [3.63, 3.8) is 0 Å². The van der Waals surface area contributed by atoms with E-state index in [1.54, 1.807) is 36.1 Å². The summed E-state index contributed by atoms with van der Waals surface area (Å²) in [6.07, 6.45) is 3.31. The Morgan fingerprint density at radius 3 is 2.61 bits per heavy atom. The summed E-state index contributed by atoms with van der Waals surface area (Å²) in [4.78, 5) is 38.4. The molecule has 0 bridgehead atoms. The molecule has 1 fully saturated rings. The van der Waals surface area contributed by atoms with E-state index in [-0.39, 0.29) is 30.0 Å². The molecule has 33 heavy (non-hydrogen) atoms. The Hall–Kier alpha value is -2.97. The van der Waals surface area contributed by atoms with Crippen molar-refractivity contribution >= 4 is 23.0 Å². The van der Waals surface area contributed by atoms with E-state index in [0.29, 0.717) is 42.2 Å². The fraction of sp³-hybridized carbons (Fsp3) is 0.360. The normalized spacial score (nSPS) is 16.7. The Bertz CT molecular complexity index is 1150. The monoisotopic (exact) mass is 466 g/mol. The van der Waals surface area contributed by atoms with Crippen LogP contribution in [0, 0.1) is 19.7 Å². The fourth-order valence-electron chi connectivity index (χ4n) is 4.24. The smallest absolute Gasteiger partial charge is 0.265 e. The van der Waals surface area contributed by atoms with Crippen LogP contribution in [0.3, 0.4) is 0 Å². The van der Waals surface area contributed by atoms with Gasteiger partial charge in [0, 0.05) is 56.1 Å². The summed E-state index contributed by atoms with van der Waals surface area (Å²) >= 11 is 1.35. The van der Waals surface area contributed by atoms with Crippen molar-refractivity contribution in [3.8, 4) is 0 Å². The lowest BCUT2D eigenvalue weighted by Gasteiger charge is -2.40. The Balaban J connectivity index is 1.44. The minimum absolute atomic E-state index is 0.0120. The van der Waals surface area contributed by atoms with Gasteiger partial charge in [-0.25, -0.2) is 4.39 Å². The molecule has 0 aliphatic carbocycles. The van der Waals surface area contributed by atoms with Gasteiger partial charge in [0.25, 0.3) is 5.91 Å². The van der Waals surface area contributed by atoms with E-state index in [0.717, 1.165) is 16.8 Å². The molecule has 1 amide bonds. The van der Waals surface area contributed by atoms with E-state index in [1.807, 2.05) is 25.7 Å². The van der Waals surface area contributed by atoms with E-state index in [2.05, 4.69) is 14.9 Å². The molecule has 3 heterocycles. The number of piperazine rings is 1. The maximum Gasteiger partial charge on any atom is 0.265 e. The minimum Gasteiger partial charge on any atom is -0.333 e. The number of Topliss-reactive ketones (excluding diaryl/α,β-unsaturated/α-hetero) is 1. The minimum atomic E-state index is -0.340. The molecular formula is C25H27FN4O2S. The van der Waals surface area contributed by atoms with Crippen molar-refractivity contribution in [2.24, 2.45) is 0 Å². The summed E-state index contributed by atoms with van der Waals surface area (Å²) in [5.74, 6) is -0.406. The van der Waals surface area contributed by atoms with Gasteiger partial charge >= 0.3 is 0 Å². The van der Waals surface area contributed by atoms with Gasteiger partial charge in [-0.15, -0.1) is 11.3 Å². The first-order valence-corrected chi connectivity index (χ1v) is 11.9. The van der Waals surface area contributed by atoms with Gasteiger partial charge in [0.15, 0.2) is 5.78 Å². The van der Waals surface area contributed by atoms with Crippen molar-refractivity contribution < 1.29 is 14.0 Å². The van der Waals surface area contributed by atoms with Gasteiger partial charge in [0.1, 0.15) is 10.7 Å². The van der Waals surface area contributed by atoms with E-state index >= 15 is 0 Å². The standard InChI is InChI=1S/C25H27FN4O2S/c1-16-4-5-19(11-28-16)23(31)10-20-8-22(26)9-21(18(20)3)14-29-6-7-30(17(2)13-29)25(32)24-12-27-15-33-24/h4-5,8-9,11-12,15,17H,6-7,10,13-14H2,1-3H3/t17-/m0/s1. The van der Waals surface area contributed by atoms with Crippen molar-refractivity contribution in [2.75, 3.05) is 19.6 Å². The van der Waals surface area contributed by atoms with Crippen LogP contribution in [0.2, 0.25) is 0 Å². The lowest BCUT2D eigenvalue weighted by Crippen LogP contribution is -2.53. The third-order valence-corrected chi connectivity index (χ3v) is 6.94. The number of ketones is 1. The first-order valence-electron chi connectivity index (χ1n) is 11.0. The first-order chi connectivity index (χ1) is 15.8. The van der Waals surface area contributed by atoms with Gasteiger partial charge in [0.2, 0.25) is 0 Å². The van der Waals surface area contributed by atoms with Crippen LogP contribution in [0.25, 0.3) is 0 Å². The number of rotatable bonds is 6. The summed E-state index contributed by atoms with van der Waals surface area (Å²) in [5.41, 5.74) is 5.54. The highest BCUT2D eigenvalue weighted by molar-refractivity contribution is 7.11. The van der Waals surface area contributed by atoms with E-state index in [4.69, 9.17) is 0 Å². The Kier molecular flexibility index (Phi) is 6.95. The largest absolute Gasteiger partial charge is 0.333 e. The number of pyridine rings is 1. The van der Waals surface area contributed by atoms with Crippen molar-refractivity contribution in [2.45, 2.75) is 39.8 Å². The molecule has 3 aromatic rings. The summed E-state index contributed by atoms with van der Waals surface area (Å²) in [5, 5.41) is 0. The molecule has 0 radical (unpaired) electrons. The van der Waals surface area contributed by atoms with Crippen LogP contribution >= 0.6 is 11.3 Å². The van der Waals surface area contributed by atoms with Crippen LogP contribution in [0.5, 0.6) is 0 Å². The lowest BCUT2D eigenvalue weighted by atomic mass is 9.95. The molecule has 0 saturated carbocycles. The molecule has 1 aliphatic rings. The number of hydrogen-bond acceptors (Lipinski definition) is 6. The number of halogens is 1. The molecule has 4 rings (SSSR count). The maximum atomic E-state index is 14.5. The van der Waals surface area contributed by atoms with E-state index < -0.39 is 0 Å². The molecule has 0 spiro atoms. The van der Waals surface area contributed by atoms with Crippen LogP contribution in [0.1, 0.15) is 49.3 Å². The highest BCUT2D eigenvalue weighted by Gasteiger charge is 2.29. The Labute approximate surface area is 197 Å². The number of amides is 1. The first kappa shape index (κ1) is 23.2. The third-order valence-electron chi connectivity index (χ3n) is 6.18. The van der Waals surface area contributed by atoms with E-state index in [1.165, 1.54) is 17.4 Å². The van der Waals surface area contributed by atoms with Crippen LogP contribution in [-0.4, -0.2) is 57.1 Å². The zero-order valence-electron chi connectivity index (χ0n) is 19.0. The third kappa shape index (κ3) is 5.34. The van der Waals surface area contributed by atoms with Crippen molar-refractivity contribution in [1.82, 2.24) is 19.8 Å². The number of benzene rings is 1. The van der Waals surface area contributed by atoms with Crippen molar-refractivity contribution in [1.29, 1.82) is 0 Å². The molecule has 1 saturated heterocycles. The Morgan fingerprint density at radius 1 is 1.15 bits per heavy atom. The molecular weight excluding hydrogens is 439 g/mol. The van der Waals surface area contributed by atoms with Gasteiger partial charge in [-0.2, -0.15) is 0 Å². The number of carbonyl (C=O) groups is 2. The number of thiazole rings is 1. The number of aromatic nitrogens is 2. The highest BCUT2D eigenvalue weighted by atomic mass is 32.1. The highest BCUT2D eigenvalue weighted by Crippen LogP contribution is 2.23. The topological polar surface area (TPSA) is 66.4 Å². The molecule has 1 aliphatic heterocycles. The van der Waals surface area contributed by atoms with Crippen molar-refractivity contribution in [3.05, 3.63) is 80.8 Å². The summed E-state index contributed by atoms with van der Waals surface area (Å²) in [7, 11) is 0. The lowest BCUT2D eigenvalue weighted by molar-refractivity contribution is 0.0479. The van der Waals surface area contributed by atoms with Gasteiger partial charge in [-0.3, -0.25) is 24.5 Å². The van der Waals surface area contributed by atoms with Gasteiger partial charge in [-0.05, 0) is 61.7 Å². The van der Waals surface area contributed by atoms with Crippen LogP contribution in [0.15, 0.2) is 42.2 Å². The second kappa shape index (κ2) is 9.89. The quantitative estimate of drug-likeness (QED) is 0.513. The fourth-order valence-corrected chi connectivity index (χ4v) is 4.81. The van der Waals surface area contributed by atoms with E-state index in [9.17, 15) is 14.0 Å². The van der Waals surface area contributed by atoms with Crippen LogP contribution in [0.4, 0.5) is 4.39 Å². The molecule has 8 heteroatoms. The molecule has 172 valence electrons. The second-order valence-electron chi connectivity index (χ2n) is 8.59. The summed E-state index contributed by atoms with van der Waals surface area (Å²) in [6.45, 7) is 8.42. The summed E-state index contributed by atoms with van der Waals surface area (Å²) < 4.78 is 14.5.